The quantitative estimate of drug-likeness (QED) is 0.531. The standard InChI is InChI=1S/C27H30N2O3/c30-27(28-23-10-7-20(8-11-23)18-29-15-2-1-3-16-29)26-14-13-25(32-26)19-31-24-12-9-21-5-4-6-22(21)17-24/h7-14,17H,1-6,15-16,18-19H2,(H,28,30). The predicted octanol–water partition coefficient (Wildman–Crippen LogP) is 5.59. The zero-order valence-corrected chi connectivity index (χ0v) is 18.4. The number of carbonyl (C=O) groups excluding carboxylic acids is 1. The number of carbonyl (C=O) groups is 1. The Labute approximate surface area is 189 Å². The fourth-order valence-electron chi connectivity index (χ4n) is 4.63. The summed E-state index contributed by atoms with van der Waals surface area (Å²) in [4.78, 5) is 15.1. The Balaban J connectivity index is 1.13. The Bertz CT molecular complexity index is 1060. The van der Waals surface area contributed by atoms with Crippen LogP contribution in [0, 0.1) is 0 Å². The number of furan rings is 1. The number of fused-ring (bicyclic) bond motifs is 1. The van der Waals surface area contributed by atoms with Crippen molar-refractivity contribution >= 4 is 11.6 Å². The zero-order chi connectivity index (χ0) is 21.8. The van der Waals surface area contributed by atoms with Crippen molar-refractivity contribution in [2.24, 2.45) is 0 Å². The molecule has 2 heterocycles. The van der Waals surface area contributed by atoms with Crippen molar-refractivity contribution in [3.63, 3.8) is 0 Å². The first-order chi connectivity index (χ1) is 15.7. The molecule has 5 heteroatoms. The lowest BCUT2D eigenvalue weighted by Gasteiger charge is -2.26. The molecular weight excluding hydrogens is 400 g/mol. The van der Waals surface area contributed by atoms with Crippen molar-refractivity contribution in [3.8, 4) is 5.75 Å². The summed E-state index contributed by atoms with van der Waals surface area (Å²) in [6.07, 6.45) is 7.42. The van der Waals surface area contributed by atoms with E-state index < -0.39 is 0 Å². The highest BCUT2D eigenvalue weighted by Crippen LogP contribution is 2.26. The SMILES string of the molecule is O=C(Nc1ccc(CN2CCCCC2)cc1)c1ccc(COc2ccc3c(c2)CCC3)o1. The monoisotopic (exact) mass is 430 g/mol. The molecule has 3 aromatic rings. The zero-order valence-electron chi connectivity index (χ0n) is 18.4. The maximum Gasteiger partial charge on any atom is 0.291 e. The maximum atomic E-state index is 12.6. The van der Waals surface area contributed by atoms with Crippen molar-refractivity contribution in [1.82, 2.24) is 4.90 Å². The summed E-state index contributed by atoms with van der Waals surface area (Å²) in [5.41, 5.74) is 4.84. The van der Waals surface area contributed by atoms with Gasteiger partial charge in [0.1, 0.15) is 18.1 Å². The van der Waals surface area contributed by atoms with Crippen LogP contribution in [-0.4, -0.2) is 23.9 Å². The third-order valence-electron chi connectivity index (χ3n) is 6.40. The highest BCUT2D eigenvalue weighted by atomic mass is 16.5. The first kappa shape index (κ1) is 20.8. The van der Waals surface area contributed by atoms with E-state index in [0.717, 1.165) is 30.8 Å². The molecule has 0 bridgehead atoms. The lowest BCUT2D eigenvalue weighted by molar-refractivity contribution is 0.0992. The van der Waals surface area contributed by atoms with Gasteiger partial charge in [-0.15, -0.1) is 0 Å². The van der Waals surface area contributed by atoms with E-state index in [1.807, 2.05) is 18.2 Å². The molecule has 5 rings (SSSR count). The second-order valence-electron chi connectivity index (χ2n) is 8.83. The summed E-state index contributed by atoms with van der Waals surface area (Å²) in [5, 5.41) is 2.92. The van der Waals surface area contributed by atoms with Crippen LogP contribution in [-0.2, 0) is 26.0 Å². The van der Waals surface area contributed by atoms with Gasteiger partial charge in [0, 0.05) is 12.2 Å². The number of ether oxygens (including phenoxy) is 1. The molecule has 2 aromatic carbocycles. The molecular formula is C27H30N2O3. The number of aryl methyl sites for hydroxylation is 2. The van der Waals surface area contributed by atoms with Gasteiger partial charge in [0.15, 0.2) is 5.76 Å². The van der Waals surface area contributed by atoms with Crippen molar-refractivity contribution in [3.05, 3.63) is 82.8 Å². The van der Waals surface area contributed by atoms with Crippen LogP contribution in [0.2, 0.25) is 0 Å². The summed E-state index contributed by atoms with van der Waals surface area (Å²) >= 11 is 0. The second kappa shape index (κ2) is 9.61. The third kappa shape index (κ3) is 5.05. The molecule has 1 N–H and O–H groups in total. The molecule has 2 aliphatic rings. The van der Waals surface area contributed by atoms with Crippen LogP contribution in [0.25, 0.3) is 0 Å². The van der Waals surface area contributed by atoms with Gasteiger partial charge in [0.2, 0.25) is 0 Å². The molecule has 1 aromatic heterocycles. The van der Waals surface area contributed by atoms with Crippen molar-refractivity contribution in [2.75, 3.05) is 18.4 Å². The molecule has 1 saturated heterocycles. The topological polar surface area (TPSA) is 54.7 Å². The van der Waals surface area contributed by atoms with Gasteiger partial charge in [-0.2, -0.15) is 0 Å². The molecule has 166 valence electrons. The normalized spacial score (nSPS) is 16.0. The van der Waals surface area contributed by atoms with Crippen LogP contribution >= 0.6 is 0 Å². The molecule has 0 unspecified atom stereocenters. The van der Waals surface area contributed by atoms with E-state index in [2.05, 4.69) is 34.5 Å². The highest BCUT2D eigenvalue weighted by Gasteiger charge is 2.14. The van der Waals surface area contributed by atoms with E-state index >= 15 is 0 Å². The molecule has 5 nitrogen and oxygen atoms in total. The number of hydrogen-bond donors (Lipinski definition) is 1. The van der Waals surface area contributed by atoms with Gasteiger partial charge in [0.05, 0.1) is 0 Å². The molecule has 0 saturated carbocycles. The summed E-state index contributed by atoms with van der Waals surface area (Å²) in [5.74, 6) is 1.51. The summed E-state index contributed by atoms with van der Waals surface area (Å²) < 4.78 is 11.6. The molecule has 0 spiro atoms. The second-order valence-corrected chi connectivity index (χ2v) is 8.83. The average Bonchev–Trinajstić information content (AvgIpc) is 3.49. The molecule has 1 amide bonds. The number of nitrogens with one attached hydrogen (secondary N) is 1. The van der Waals surface area contributed by atoms with E-state index in [4.69, 9.17) is 9.15 Å². The van der Waals surface area contributed by atoms with Gasteiger partial charge in [-0.05, 0) is 98.3 Å². The summed E-state index contributed by atoms with van der Waals surface area (Å²) in [6, 6.07) is 17.9. The van der Waals surface area contributed by atoms with Gasteiger partial charge >= 0.3 is 0 Å². The van der Waals surface area contributed by atoms with Crippen molar-refractivity contribution < 1.29 is 13.9 Å². The number of benzene rings is 2. The minimum absolute atomic E-state index is 0.252. The molecule has 0 atom stereocenters. The van der Waals surface area contributed by atoms with E-state index in [1.54, 1.807) is 12.1 Å². The van der Waals surface area contributed by atoms with E-state index in [-0.39, 0.29) is 11.7 Å². The Morgan fingerprint density at radius 3 is 2.56 bits per heavy atom. The number of amides is 1. The fraction of sp³-hybridized carbons (Fsp3) is 0.370. The number of hydrogen-bond acceptors (Lipinski definition) is 4. The Morgan fingerprint density at radius 2 is 1.72 bits per heavy atom. The van der Waals surface area contributed by atoms with Gasteiger partial charge < -0.3 is 14.5 Å². The molecule has 1 aliphatic heterocycles. The number of nitrogens with zero attached hydrogens (tertiary/aromatic N) is 1. The van der Waals surface area contributed by atoms with Crippen molar-refractivity contribution in [1.29, 1.82) is 0 Å². The Kier molecular flexibility index (Phi) is 6.26. The van der Waals surface area contributed by atoms with Crippen LogP contribution in [0.1, 0.15) is 58.7 Å². The van der Waals surface area contributed by atoms with Gasteiger partial charge in [-0.25, -0.2) is 0 Å². The fourth-order valence-corrected chi connectivity index (χ4v) is 4.63. The van der Waals surface area contributed by atoms with Crippen LogP contribution in [0.4, 0.5) is 5.69 Å². The largest absolute Gasteiger partial charge is 0.486 e. The molecule has 1 aliphatic carbocycles. The van der Waals surface area contributed by atoms with Crippen LogP contribution in [0.5, 0.6) is 5.75 Å². The van der Waals surface area contributed by atoms with Gasteiger partial charge in [-0.3, -0.25) is 9.69 Å². The predicted molar refractivity (Wildman–Crippen MR) is 125 cm³/mol. The smallest absolute Gasteiger partial charge is 0.291 e. The van der Waals surface area contributed by atoms with Crippen molar-refractivity contribution in [2.45, 2.75) is 51.7 Å². The van der Waals surface area contributed by atoms with Crippen LogP contribution < -0.4 is 10.1 Å². The van der Waals surface area contributed by atoms with Gasteiger partial charge in [0.25, 0.3) is 5.91 Å². The third-order valence-corrected chi connectivity index (χ3v) is 6.40. The van der Waals surface area contributed by atoms with E-state index in [9.17, 15) is 4.79 Å². The Hall–Kier alpha value is -3.05. The molecule has 0 radical (unpaired) electrons. The highest BCUT2D eigenvalue weighted by molar-refractivity contribution is 6.02. The average molecular weight is 431 g/mol. The molecule has 1 fully saturated rings. The molecule has 32 heavy (non-hydrogen) atoms. The lowest BCUT2D eigenvalue weighted by atomic mass is 10.1. The summed E-state index contributed by atoms with van der Waals surface area (Å²) in [7, 11) is 0. The maximum absolute atomic E-state index is 12.6. The Morgan fingerprint density at radius 1 is 0.906 bits per heavy atom. The lowest BCUT2D eigenvalue weighted by Crippen LogP contribution is -2.29. The number of anilines is 1. The van der Waals surface area contributed by atoms with Gasteiger partial charge in [-0.1, -0.05) is 24.6 Å². The first-order valence-corrected chi connectivity index (χ1v) is 11.7. The minimum Gasteiger partial charge on any atom is -0.486 e. The van der Waals surface area contributed by atoms with E-state index in [0.29, 0.717) is 12.4 Å². The number of rotatable bonds is 7. The van der Waals surface area contributed by atoms with Crippen LogP contribution in [0.3, 0.4) is 0 Å². The number of likely N-dealkylation sites (tertiary alicyclic amines) is 1. The number of piperidine rings is 1. The summed E-state index contributed by atoms with van der Waals surface area (Å²) in [6.45, 7) is 3.63. The first-order valence-electron chi connectivity index (χ1n) is 11.7. The minimum atomic E-state index is -0.252. The van der Waals surface area contributed by atoms with E-state index in [1.165, 1.54) is 55.5 Å². The van der Waals surface area contributed by atoms with Crippen LogP contribution in [0.15, 0.2) is 59.0 Å².